The van der Waals surface area contributed by atoms with E-state index in [-0.39, 0.29) is 17.8 Å². The van der Waals surface area contributed by atoms with Crippen molar-refractivity contribution >= 4 is 23.5 Å². The molecule has 30 heavy (non-hydrogen) atoms. The number of carbonyl (C=O) groups excluding carboxylic acids is 2. The summed E-state index contributed by atoms with van der Waals surface area (Å²) in [5.41, 5.74) is 2.54. The van der Waals surface area contributed by atoms with E-state index in [2.05, 4.69) is 20.6 Å². The van der Waals surface area contributed by atoms with Gasteiger partial charge in [-0.05, 0) is 55.0 Å². The number of nitrogens with zero attached hydrogens (tertiary/aromatic N) is 2. The van der Waals surface area contributed by atoms with Crippen LogP contribution < -0.4 is 10.6 Å². The molecule has 152 valence electrons. The van der Waals surface area contributed by atoms with Crippen LogP contribution in [0.1, 0.15) is 33.2 Å². The average Bonchev–Trinajstić information content (AvgIpc) is 2.79. The van der Waals surface area contributed by atoms with Crippen LogP contribution in [0.3, 0.4) is 0 Å². The van der Waals surface area contributed by atoms with E-state index in [1.165, 1.54) is 0 Å². The number of hydrogen-bond acceptors (Lipinski definition) is 5. The number of aliphatic imine (C=N–C) groups is 1. The number of amides is 1. The van der Waals surface area contributed by atoms with Crippen LogP contribution in [0.15, 0.2) is 84.1 Å². The first-order valence-corrected chi connectivity index (χ1v) is 9.49. The highest BCUT2D eigenvalue weighted by atomic mass is 16.5. The zero-order chi connectivity index (χ0) is 21.2. The molecule has 2 N–H and O–H groups in total. The summed E-state index contributed by atoms with van der Waals surface area (Å²) in [7, 11) is 0. The second kappa shape index (κ2) is 10.5. The van der Waals surface area contributed by atoms with Gasteiger partial charge in [-0.1, -0.05) is 24.3 Å². The molecule has 0 saturated heterocycles. The van der Waals surface area contributed by atoms with Gasteiger partial charge in [0.1, 0.15) is 0 Å². The third-order valence-electron chi connectivity index (χ3n) is 4.07. The number of nitrogens with one attached hydrogen (secondary N) is 2. The summed E-state index contributed by atoms with van der Waals surface area (Å²) < 4.78 is 4.99. The van der Waals surface area contributed by atoms with Gasteiger partial charge in [0.25, 0.3) is 5.91 Å². The molecule has 0 spiro atoms. The Bertz CT molecular complexity index is 1000. The van der Waals surface area contributed by atoms with Gasteiger partial charge in [-0.15, -0.1) is 0 Å². The van der Waals surface area contributed by atoms with Crippen LogP contribution in [0.4, 0.5) is 5.69 Å². The maximum atomic E-state index is 12.6. The zero-order valence-electron chi connectivity index (χ0n) is 16.5. The van der Waals surface area contributed by atoms with Gasteiger partial charge in [0, 0.05) is 23.6 Å². The highest BCUT2D eigenvalue weighted by Gasteiger charge is 2.10. The first-order chi connectivity index (χ1) is 14.7. The number of guanidine groups is 1. The van der Waals surface area contributed by atoms with Crippen LogP contribution in [0, 0.1) is 0 Å². The van der Waals surface area contributed by atoms with Gasteiger partial charge < -0.3 is 10.1 Å². The standard InChI is InChI=1S/C23H22N4O3/c1-2-30-22(29)19-10-12-20(13-11-19)26-23(25-16-17-7-6-14-24-15-17)27-21(28)18-8-4-3-5-9-18/h3-15H,2,16H2,1H3,(H2,25,26,27,28). The normalized spacial score (nSPS) is 10.9. The van der Waals surface area contributed by atoms with E-state index in [9.17, 15) is 9.59 Å². The quantitative estimate of drug-likeness (QED) is 0.373. The minimum Gasteiger partial charge on any atom is -0.462 e. The number of aromatic nitrogens is 1. The van der Waals surface area contributed by atoms with E-state index in [0.29, 0.717) is 30.0 Å². The molecule has 0 fully saturated rings. The molecule has 0 aliphatic carbocycles. The number of hydrogen-bond donors (Lipinski definition) is 2. The minimum atomic E-state index is -0.383. The molecule has 3 rings (SSSR count). The van der Waals surface area contributed by atoms with Crippen LogP contribution in [0.25, 0.3) is 0 Å². The minimum absolute atomic E-state index is 0.281. The first kappa shape index (κ1) is 20.7. The molecule has 0 bridgehead atoms. The molecule has 0 unspecified atom stereocenters. The lowest BCUT2D eigenvalue weighted by Crippen LogP contribution is -2.36. The number of ether oxygens (including phenoxy) is 1. The lowest BCUT2D eigenvalue weighted by Gasteiger charge is -2.12. The number of pyridine rings is 1. The molecule has 1 heterocycles. The number of esters is 1. The van der Waals surface area contributed by atoms with Crippen molar-refractivity contribution in [3.63, 3.8) is 0 Å². The largest absolute Gasteiger partial charge is 0.462 e. The summed E-state index contributed by atoms with van der Waals surface area (Å²) in [5.74, 6) is -0.375. The Balaban J connectivity index is 1.76. The van der Waals surface area contributed by atoms with E-state index in [1.807, 2.05) is 18.2 Å². The number of rotatable bonds is 6. The molecule has 0 aliphatic heterocycles. The predicted octanol–water partition coefficient (Wildman–Crippen LogP) is 3.66. The van der Waals surface area contributed by atoms with Crippen molar-refractivity contribution in [3.05, 3.63) is 95.8 Å². The third kappa shape index (κ3) is 6.00. The third-order valence-corrected chi connectivity index (χ3v) is 4.07. The Labute approximate surface area is 174 Å². The summed E-state index contributed by atoms with van der Waals surface area (Å²) in [6.45, 7) is 2.41. The van der Waals surface area contributed by atoms with Crippen molar-refractivity contribution in [1.29, 1.82) is 0 Å². The summed E-state index contributed by atoms with van der Waals surface area (Å²) in [5, 5.41) is 5.89. The first-order valence-electron chi connectivity index (χ1n) is 9.49. The second-order valence-corrected chi connectivity index (χ2v) is 6.27. The lowest BCUT2D eigenvalue weighted by molar-refractivity contribution is 0.0526. The summed E-state index contributed by atoms with van der Waals surface area (Å²) in [6.07, 6.45) is 3.41. The lowest BCUT2D eigenvalue weighted by atomic mass is 10.2. The van der Waals surface area contributed by atoms with Crippen molar-refractivity contribution in [2.24, 2.45) is 4.99 Å². The molecule has 0 radical (unpaired) electrons. The Kier molecular flexibility index (Phi) is 7.27. The monoisotopic (exact) mass is 402 g/mol. The van der Waals surface area contributed by atoms with E-state index in [0.717, 1.165) is 5.56 Å². The van der Waals surface area contributed by atoms with Gasteiger partial charge in [-0.2, -0.15) is 0 Å². The molecule has 1 aromatic heterocycles. The van der Waals surface area contributed by atoms with E-state index >= 15 is 0 Å². The number of carbonyl (C=O) groups is 2. The Morgan fingerprint density at radius 1 is 0.967 bits per heavy atom. The van der Waals surface area contributed by atoms with Gasteiger partial charge in [0.15, 0.2) is 0 Å². The number of anilines is 1. The fourth-order valence-electron chi connectivity index (χ4n) is 2.58. The molecule has 0 atom stereocenters. The van der Waals surface area contributed by atoms with Gasteiger partial charge in [0.05, 0.1) is 18.7 Å². The van der Waals surface area contributed by atoms with Crippen LogP contribution in [-0.4, -0.2) is 29.4 Å². The van der Waals surface area contributed by atoms with Gasteiger partial charge in [-0.25, -0.2) is 9.79 Å². The summed E-state index contributed by atoms with van der Waals surface area (Å²) >= 11 is 0. The maximum absolute atomic E-state index is 12.6. The van der Waals surface area contributed by atoms with E-state index in [1.54, 1.807) is 67.8 Å². The molecule has 7 nitrogen and oxygen atoms in total. The summed E-state index contributed by atoms with van der Waals surface area (Å²) in [4.78, 5) is 32.9. The number of benzene rings is 2. The highest BCUT2D eigenvalue weighted by molar-refractivity contribution is 6.10. The van der Waals surface area contributed by atoms with Crippen molar-refractivity contribution < 1.29 is 14.3 Å². The van der Waals surface area contributed by atoms with Gasteiger partial charge >= 0.3 is 5.97 Å². The Morgan fingerprint density at radius 2 is 1.73 bits per heavy atom. The van der Waals surface area contributed by atoms with E-state index in [4.69, 9.17) is 4.74 Å². The molecule has 7 heteroatoms. The van der Waals surface area contributed by atoms with Crippen molar-refractivity contribution in [2.45, 2.75) is 13.5 Å². The molecule has 2 aromatic carbocycles. The maximum Gasteiger partial charge on any atom is 0.338 e. The fraction of sp³-hybridized carbons (Fsp3) is 0.130. The van der Waals surface area contributed by atoms with Crippen LogP contribution in [0.2, 0.25) is 0 Å². The molecule has 3 aromatic rings. The second-order valence-electron chi connectivity index (χ2n) is 6.27. The molecule has 0 aliphatic rings. The van der Waals surface area contributed by atoms with Crippen molar-refractivity contribution in [3.8, 4) is 0 Å². The van der Waals surface area contributed by atoms with Crippen LogP contribution >= 0.6 is 0 Å². The van der Waals surface area contributed by atoms with Crippen molar-refractivity contribution in [1.82, 2.24) is 10.3 Å². The Morgan fingerprint density at radius 3 is 2.40 bits per heavy atom. The molecular formula is C23H22N4O3. The van der Waals surface area contributed by atoms with Gasteiger partial charge in [-0.3, -0.25) is 15.1 Å². The van der Waals surface area contributed by atoms with Crippen LogP contribution in [-0.2, 0) is 11.3 Å². The Hall–Kier alpha value is -4.00. The topological polar surface area (TPSA) is 92.7 Å². The van der Waals surface area contributed by atoms with Gasteiger partial charge in [0.2, 0.25) is 5.96 Å². The predicted molar refractivity (Wildman–Crippen MR) is 115 cm³/mol. The average molecular weight is 402 g/mol. The SMILES string of the molecule is CCOC(=O)c1ccc(NC(=NCc2cccnc2)NC(=O)c2ccccc2)cc1. The zero-order valence-corrected chi connectivity index (χ0v) is 16.5. The molecular weight excluding hydrogens is 380 g/mol. The molecule has 0 saturated carbocycles. The smallest absolute Gasteiger partial charge is 0.338 e. The summed E-state index contributed by atoms with van der Waals surface area (Å²) in [6, 6.07) is 19.4. The van der Waals surface area contributed by atoms with E-state index < -0.39 is 0 Å². The molecule has 1 amide bonds. The van der Waals surface area contributed by atoms with Crippen LogP contribution in [0.5, 0.6) is 0 Å². The fourth-order valence-corrected chi connectivity index (χ4v) is 2.58. The van der Waals surface area contributed by atoms with Crippen molar-refractivity contribution in [2.75, 3.05) is 11.9 Å². The highest BCUT2D eigenvalue weighted by Crippen LogP contribution is 2.11.